The molecule has 2 amide bonds. The summed E-state index contributed by atoms with van der Waals surface area (Å²) in [5.74, 6) is -0.393. The lowest BCUT2D eigenvalue weighted by Gasteiger charge is -2.13. The van der Waals surface area contributed by atoms with E-state index < -0.39 is 18.0 Å². The number of nitrogens with zero attached hydrogens (tertiary/aromatic N) is 1. The second kappa shape index (κ2) is 10.5. The number of rotatable bonds is 9. The molecule has 2 N–H and O–H groups in total. The Hall–Kier alpha value is -2.81. The van der Waals surface area contributed by atoms with Crippen molar-refractivity contribution in [2.75, 3.05) is 22.1 Å². The number of esters is 1. The number of carbonyl (C=O) groups is 3. The van der Waals surface area contributed by atoms with E-state index in [1.54, 1.807) is 25.1 Å². The maximum atomic E-state index is 12.1. The van der Waals surface area contributed by atoms with Gasteiger partial charge in [-0.05, 0) is 38.0 Å². The number of ether oxygens (including phenoxy) is 1. The van der Waals surface area contributed by atoms with Gasteiger partial charge in [0.05, 0.1) is 11.5 Å². The molecule has 0 aliphatic heterocycles. The number of anilines is 2. The summed E-state index contributed by atoms with van der Waals surface area (Å²) < 4.78 is 9.95. The van der Waals surface area contributed by atoms with Gasteiger partial charge in [-0.3, -0.25) is 14.4 Å². The predicted octanol–water partition coefficient (Wildman–Crippen LogP) is 2.79. The van der Waals surface area contributed by atoms with Crippen LogP contribution in [-0.2, 0) is 25.5 Å². The normalized spacial score (nSPS) is 11.5. The van der Waals surface area contributed by atoms with E-state index >= 15 is 0 Å². The number of aryl methyl sites for hydroxylation is 2. The number of nitrogens with one attached hydrogen (secondary N) is 2. The summed E-state index contributed by atoms with van der Waals surface area (Å²) in [6.07, 6.45) is -0.0261. The molecule has 0 aliphatic rings. The Morgan fingerprint density at radius 1 is 1.18 bits per heavy atom. The van der Waals surface area contributed by atoms with Gasteiger partial charge in [0.15, 0.2) is 11.9 Å². The zero-order valence-electron chi connectivity index (χ0n) is 16.0. The molecule has 1 atom stereocenters. The summed E-state index contributed by atoms with van der Waals surface area (Å²) >= 11 is 1.08. The van der Waals surface area contributed by atoms with Crippen molar-refractivity contribution in [3.05, 3.63) is 41.7 Å². The van der Waals surface area contributed by atoms with E-state index in [0.29, 0.717) is 17.3 Å². The van der Waals surface area contributed by atoms with E-state index in [-0.39, 0.29) is 17.4 Å². The number of thioether (sulfide) groups is 1. The van der Waals surface area contributed by atoms with Crippen molar-refractivity contribution in [3.8, 4) is 0 Å². The second-order valence-electron chi connectivity index (χ2n) is 6.04. The van der Waals surface area contributed by atoms with E-state index in [9.17, 15) is 14.4 Å². The lowest BCUT2D eigenvalue weighted by atomic mass is 10.1. The number of benzene rings is 1. The minimum Gasteiger partial charge on any atom is -0.452 e. The van der Waals surface area contributed by atoms with E-state index in [0.717, 1.165) is 23.7 Å². The highest BCUT2D eigenvalue weighted by Crippen LogP contribution is 2.12. The zero-order chi connectivity index (χ0) is 20.5. The van der Waals surface area contributed by atoms with Gasteiger partial charge in [-0.15, -0.1) is 11.8 Å². The molecule has 0 aliphatic carbocycles. The fourth-order valence-electron chi connectivity index (χ4n) is 2.18. The standard InChI is InChI=1S/C19H23N3O5S/c1-4-14-5-7-15(8-6-14)20-19(25)13(3)26-18(24)11-28-10-17(23)21-16-9-12(2)27-22-16/h5-9,13H,4,10-11H2,1-3H3,(H,20,25)(H,21,22,23)/t13-/m1/s1. The van der Waals surface area contributed by atoms with E-state index in [4.69, 9.17) is 9.26 Å². The van der Waals surface area contributed by atoms with Crippen LogP contribution in [-0.4, -0.2) is 40.6 Å². The van der Waals surface area contributed by atoms with Crippen LogP contribution in [0.25, 0.3) is 0 Å². The van der Waals surface area contributed by atoms with Crippen LogP contribution in [0.5, 0.6) is 0 Å². The molecule has 0 radical (unpaired) electrons. The molecule has 0 unspecified atom stereocenters. The highest BCUT2D eigenvalue weighted by Gasteiger charge is 2.18. The molecule has 0 saturated heterocycles. The zero-order valence-corrected chi connectivity index (χ0v) is 16.8. The molecular weight excluding hydrogens is 382 g/mol. The van der Waals surface area contributed by atoms with Crippen LogP contribution in [0.4, 0.5) is 11.5 Å². The molecule has 1 aromatic heterocycles. The summed E-state index contributed by atoms with van der Waals surface area (Å²) in [4.78, 5) is 35.7. The Morgan fingerprint density at radius 2 is 1.89 bits per heavy atom. The highest BCUT2D eigenvalue weighted by atomic mass is 32.2. The molecule has 0 spiro atoms. The van der Waals surface area contributed by atoms with Gasteiger partial charge in [-0.25, -0.2) is 0 Å². The Kier molecular flexibility index (Phi) is 8.06. The van der Waals surface area contributed by atoms with Gasteiger partial charge in [0, 0.05) is 11.8 Å². The van der Waals surface area contributed by atoms with Crippen LogP contribution < -0.4 is 10.6 Å². The van der Waals surface area contributed by atoms with Crippen molar-refractivity contribution in [1.82, 2.24) is 5.16 Å². The second-order valence-corrected chi connectivity index (χ2v) is 7.02. The summed E-state index contributed by atoms with van der Waals surface area (Å²) in [5.41, 5.74) is 1.80. The summed E-state index contributed by atoms with van der Waals surface area (Å²) in [6.45, 7) is 5.26. The monoisotopic (exact) mass is 405 g/mol. The smallest absolute Gasteiger partial charge is 0.316 e. The molecule has 1 heterocycles. The van der Waals surface area contributed by atoms with Gasteiger partial charge in [0.25, 0.3) is 5.91 Å². The van der Waals surface area contributed by atoms with E-state index in [1.165, 1.54) is 6.92 Å². The maximum Gasteiger partial charge on any atom is 0.316 e. The van der Waals surface area contributed by atoms with Crippen molar-refractivity contribution in [2.24, 2.45) is 0 Å². The average Bonchev–Trinajstić information content (AvgIpc) is 3.06. The van der Waals surface area contributed by atoms with Gasteiger partial charge in [0.2, 0.25) is 5.91 Å². The number of hydrogen-bond donors (Lipinski definition) is 2. The van der Waals surface area contributed by atoms with Crippen LogP contribution >= 0.6 is 11.8 Å². The van der Waals surface area contributed by atoms with Crippen molar-refractivity contribution >= 4 is 41.1 Å². The van der Waals surface area contributed by atoms with Crippen molar-refractivity contribution in [1.29, 1.82) is 0 Å². The van der Waals surface area contributed by atoms with Gasteiger partial charge < -0.3 is 19.9 Å². The first-order valence-electron chi connectivity index (χ1n) is 8.77. The lowest BCUT2D eigenvalue weighted by molar-refractivity contribution is -0.150. The van der Waals surface area contributed by atoms with Crippen LogP contribution in [0.1, 0.15) is 25.2 Å². The quantitative estimate of drug-likeness (QED) is 0.617. The Balaban J connectivity index is 1.67. The molecule has 1 aromatic carbocycles. The number of hydrogen-bond acceptors (Lipinski definition) is 7. The number of aromatic nitrogens is 1. The molecule has 0 bridgehead atoms. The topological polar surface area (TPSA) is 111 Å². The van der Waals surface area contributed by atoms with E-state index in [1.807, 2.05) is 19.1 Å². The molecule has 150 valence electrons. The first-order chi connectivity index (χ1) is 13.4. The minimum atomic E-state index is -0.939. The lowest BCUT2D eigenvalue weighted by Crippen LogP contribution is -2.30. The van der Waals surface area contributed by atoms with Crippen molar-refractivity contribution in [2.45, 2.75) is 33.3 Å². The third-order valence-electron chi connectivity index (χ3n) is 3.66. The fourth-order valence-corrected chi connectivity index (χ4v) is 2.78. The summed E-state index contributed by atoms with van der Waals surface area (Å²) in [7, 11) is 0. The first kappa shape index (κ1) is 21.5. The molecule has 2 aromatic rings. The molecule has 0 fully saturated rings. The molecular formula is C19H23N3O5S. The van der Waals surface area contributed by atoms with Crippen LogP contribution in [0.2, 0.25) is 0 Å². The van der Waals surface area contributed by atoms with Crippen LogP contribution in [0.3, 0.4) is 0 Å². The van der Waals surface area contributed by atoms with Crippen molar-refractivity contribution in [3.63, 3.8) is 0 Å². The van der Waals surface area contributed by atoms with E-state index in [2.05, 4.69) is 15.8 Å². The largest absolute Gasteiger partial charge is 0.452 e. The predicted molar refractivity (Wildman–Crippen MR) is 107 cm³/mol. The highest BCUT2D eigenvalue weighted by molar-refractivity contribution is 8.00. The maximum absolute atomic E-state index is 12.1. The third kappa shape index (κ3) is 7.07. The summed E-state index contributed by atoms with van der Waals surface area (Å²) in [6, 6.07) is 9.04. The molecule has 0 saturated carbocycles. The molecule has 28 heavy (non-hydrogen) atoms. The van der Waals surface area contributed by atoms with Gasteiger partial charge in [0.1, 0.15) is 5.76 Å². The fraction of sp³-hybridized carbons (Fsp3) is 0.368. The third-order valence-corrected chi connectivity index (χ3v) is 4.56. The Labute approximate surface area is 167 Å². The Bertz CT molecular complexity index is 819. The molecule has 8 nitrogen and oxygen atoms in total. The Morgan fingerprint density at radius 3 is 2.50 bits per heavy atom. The molecule has 9 heteroatoms. The van der Waals surface area contributed by atoms with Gasteiger partial charge in [-0.1, -0.05) is 24.2 Å². The van der Waals surface area contributed by atoms with Crippen molar-refractivity contribution < 1.29 is 23.6 Å². The van der Waals surface area contributed by atoms with Crippen LogP contribution in [0, 0.1) is 6.92 Å². The van der Waals surface area contributed by atoms with Gasteiger partial charge in [-0.2, -0.15) is 0 Å². The SMILES string of the molecule is CCc1ccc(NC(=O)[C@@H](C)OC(=O)CSCC(=O)Nc2cc(C)on2)cc1. The number of amides is 2. The first-order valence-corrected chi connectivity index (χ1v) is 9.93. The van der Waals surface area contributed by atoms with Crippen LogP contribution in [0.15, 0.2) is 34.9 Å². The number of carbonyl (C=O) groups excluding carboxylic acids is 3. The van der Waals surface area contributed by atoms with Gasteiger partial charge >= 0.3 is 5.97 Å². The average molecular weight is 405 g/mol. The molecule has 2 rings (SSSR count). The minimum absolute atomic E-state index is 0.0470. The summed E-state index contributed by atoms with van der Waals surface area (Å²) in [5, 5.41) is 8.90.